The topological polar surface area (TPSA) is 93.1 Å². The number of fused-ring (bicyclic) bond motifs is 1. The molecule has 8 nitrogen and oxygen atoms in total. The number of carbonyl (C=O) groups is 1. The summed E-state index contributed by atoms with van der Waals surface area (Å²) in [6, 6.07) is 13.4. The highest BCUT2D eigenvalue weighted by Crippen LogP contribution is 2.42. The Hall–Kier alpha value is -3.26. The van der Waals surface area contributed by atoms with Crippen molar-refractivity contribution >= 4 is 5.91 Å². The number of aromatic nitrogens is 4. The number of ether oxygens (including phenoxy) is 1. The second-order valence-corrected chi connectivity index (χ2v) is 8.88. The van der Waals surface area contributed by atoms with Gasteiger partial charge in [-0.15, -0.1) is 5.10 Å². The number of H-pyrrole nitrogens is 1. The minimum Gasteiger partial charge on any atom is -0.379 e. The number of hydrogen-bond acceptors (Lipinski definition) is 5. The summed E-state index contributed by atoms with van der Waals surface area (Å²) in [6.45, 7) is 3.10. The molecule has 0 radical (unpaired) electrons. The maximum atomic E-state index is 13.0. The van der Waals surface area contributed by atoms with Crippen LogP contribution in [0, 0.1) is 18.8 Å². The van der Waals surface area contributed by atoms with Crippen LogP contribution in [-0.2, 0) is 4.74 Å². The average molecular weight is 434 g/mol. The zero-order valence-corrected chi connectivity index (χ0v) is 18.3. The Bertz CT molecular complexity index is 1170. The quantitative estimate of drug-likeness (QED) is 0.683. The minimum atomic E-state index is -0.325. The lowest BCUT2D eigenvalue weighted by Crippen LogP contribution is -2.37. The van der Waals surface area contributed by atoms with E-state index in [1.807, 2.05) is 46.1 Å². The Morgan fingerprint density at radius 2 is 1.84 bits per heavy atom. The van der Waals surface area contributed by atoms with Crippen LogP contribution in [0.25, 0.3) is 11.3 Å². The molecule has 3 heterocycles. The summed E-state index contributed by atoms with van der Waals surface area (Å²) in [5, 5.41) is 8.78. The zero-order valence-electron chi connectivity index (χ0n) is 18.3. The fourth-order valence-corrected chi connectivity index (χ4v) is 5.18. The summed E-state index contributed by atoms with van der Waals surface area (Å²) in [5.74, 6) is 0.490. The Labute approximate surface area is 186 Å². The van der Waals surface area contributed by atoms with E-state index >= 15 is 0 Å². The number of pyridine rings is 1. The maximum Gasteiger partial charge on any atom is 0.260 e. The van der Waals surface area contributed by atoms with Crippen LogP contribution in [0.5, 0.6) is 0 Å². The van der Waals surface area contributed by atoms with Crippen LogP contribution in [0.15, 0.2) is 53.5 Å². The first-order valence-electron chi connectivity index (χ1n) is 11.0. The molecule has 32 heavy (non-hydrogen) atoms. The highest BCUT2D eigenvalue weighted by molar-refractivity contribution is 5.94. The highest BCUT2D eigenvalue weighted by atomic mass is 16.5. The third-order valence-electron chi connectivity index (χ3n) is 6.88. The van der Waals surface area contributed by atoms with Gasteiger partial charge in [0.2, 0.25) is 0 Å². The zero-order chi connectivity index (χ0) is 22.2. The summed E-state index contributed by atoms with van der Waals surface area (Å²) >= 11 is 0. The van der Waals surface area contributed by atoms with Crippen LogP contribution in [0.3, 0.4) is 0 Å². The lowest BCUT2D eigenvalue weighted by Gasteiger charge is -2.36. The van der Waals surface area contributed by atoms with E-state index in [-0.39, 0.29) is 29.2 Å². The predicted octanol–water partition coefficient (Wildman–Crippen LogP) is 2.68. The first-order chi connectivity index (χ1) is 15.5. The molecule has 3 aromatic rings. The number of benzene rings is 1. The number of amides is 1. The van der Waals surface area contributed by atoms with Gasteiger partial charge in [0.15, 0.2) is 0 Å². The van der Waals surface area contributed by atoms with E-state index in [9.17, 15) is 9.59 Å². The van der Waals surface area contributed by atoms with Crippen molar-refractivity contribution in [2.45, 2.75) is 31.9 Å². The Balaban J connectivity index is 1.34. The molecule has 1 N–H and O–H groups in total. The molecule has 0 bridgehead atoms. The maximum absolute atomic E-state index is 13.0. The first kappa shape index (κ1) is 20.6. The van der Waals surface area contributed by atoms with Crippen molar-refractivity contribution in [3.8, 4) is 11.3 Å². The molecular weight excluding hydrogens is 406 g/mol. The van der Waals surface area contributed by atoms with Crippen LogP contribution in [0.1, 0.15) is 34.9 Å². The fourth-order valence-electron chi connectivity index (χ4n) is 5.18. The van der Waals surface area contributed by atoms with Gasteiger partial charge in [-0.05, 0) is 43.7 Å². The first-order valence-corrected chi connectivity index (χ1v) is 11.0. The summed E-state index contributed by atoms with van der Waals surface area (Å²) in [6.07, 6.45) is 3.69. The number of nitrogens with zero attached hydrogens (tertiary/aromatic N) is 4. The number of aromatic amines is 1. The molecule has 1 aromatic carbocycles. The fraction of sp³-hybridized carbons (Fsp3) is 0.417. The number of carbonyl (C=O) groups excluding carboxylic acids is 1. The van der Waals surface area contributed by atoms with Gasteiger partial charge in [-0.1, -0.05) is 35.5 Å². The molecular formula is C24H27N5O3. The van der Waals surface area contributed by atoms with Crippen molar-refractivity contribution in [2.75, 3.05) is 20.2 Å². The van der Waals surface area contributed by atoms with Crippen molar-refractivity contribution in [1.29, 1.82) is 0 Å². The van der Waals surface area contributed by atoms with Crippen molar-refractivity contribution in [3.63, 3.8) is 0 Å². The van der Waals surface area contributed by atoms with Crippen LogP contribution in [-0.4, -0.2) is 57.1 Å². The third kappa shape index (κ3) is 3.75. The summed E-state index contributed by atoms with van der Waals surface area (Å²) < 4.78 is 7.77. The van der Waals surface area contributed by atoms with E-state index in [0.717, 1.165) is 29.8 Å². The van der Waals surface area contributed by atoms with Crippen LogP contribution >= 0.6 is 0 Å². The van der Waals surface area contributed by atoms with E-state index < -0.39 is 0 Å². The lowest BCUT2D eigenvalue weighted by molar-refractivity contribution is -0.00545. The second-order valence-electron chi connectivity index (χ2n) is 8.88. The number of rotatable bonds is 4. The summed E-state index contributed by atoms with van der Waals surface area (Å²) in [4.78, 5) is 29.8. The van der Waals surface area contributed by atoms with E-state index in [2.05, 4.69) is 15.3 Å². The molecule has 166 valence electrons. The largest absolute Gasteiger partial charge is 0.379 e. The number of hydrogen-bond donors (Lipinski definition) is 1. The van der Waals surface area contributed by atoms with E-state index in [1.54, 1.807) is 26.2 Å². The van der Waals surface area contributed by atoms with Gasteiger partial charge in [0.1, 0.15) is 11.3 Å². The van der Waals surface area contributed by atoms with Gasteiger partial charge in [0.25, 0.3) is 11.5 Å². The molecule has 2 aliphatic rings. The number of aryl methyl sites for hydroxylation is 1. The summed E-state index contributed by atoms with van der Waals surface area (Å²) in [7, 11) is 1.73. The molecule has 2 fully saturated rings. The van der Waals surface area contributed by atoms with Gasteiger partial charge in [-0.2, -0.15) is 0 Å². The average Bonchev–Trinajstić information content (AvgIpc) is 3.45. The molecule has 5 rings (SSSR count). The minimum absolute atomic E-state index is 0.000553. The van der Waals surface area contributed by atoms with E-state index in [4.69, 9.17) is 4.74 Å². The smallest absolute Gasteiger partial charge is 0.260 e. The number of nitrogens with one attached hydrogen (secondary N) is 1. The highest BCUT2D eigenvalue weighted by Gasteiger charge is 2.45. The molecule has 0 unspecified atom stereocenters. The Kier molecular flexibility index (Phi) is 5.38. The molecule has 1 saturated heterocycles. The third-order valence-corrected chi connectivity index (χ3v) is 6.88. The van der Waals surface area contributed by atoms with Crippen molar-refractivity contribution < 1.29 is 9.53 Å². The normalized spacial score (nSPS) is 25.0. The summed E-state index contributed by atoms with van der Waals surface area (Å²) in [5.41, 5.74) is 2.49. The molecule has 8 heteroatoms. The van der Waals surface area contributed by atoms with Gasteiger partial charge in [-0.25, -0.2) is 4.68 Å². The molecule has 0 spiro atoms. The Morgan fingerprint density at radius 3 is 2.56 bits per heavy atom. The molecule has 1 aliphatic carbocycles. The lowest BCUT2D eigenvalue weighted by atomic mass is 9.77. The van der Waals surface area contributed by atoms with Crippen LogP contribution < -0.4 is 5.56 Å². The van der Waals surface area contributed by atoms with Crippen molar-refractivity contribution in [2.24, 2.45) is 11.8 Å². The van der Waals surface area contributed by atoms with Gasteiger partial charge >= 0.3 is 0 Å². The van der Waals surface area contributed by atoms with Crippen LogP contribution in [0.2, 0.25) is 0 Å². The van der Waals surface area contributed by atoms with Crippen molar-refractivity contribution in [1.82, 2.24) is 24.9 Å². The molecule has 4 atom stereocenters. The van der Waals surface area contributed by atoms with Gasteiger partial charge in [-0.3, -0.25) is 9.59 Å². The standard InChI is InChI=1S/C24H27N5O3/c1-15-8-9-19(23(30)25-15)24(31)28-12-17-10-21(22(32-2)11-18(17)13-28)29-14-20(26-27-29)16-6-4-3-5-7-16/h3-9,14,17-18,21-22H,10-13H2,1-2H3,(H,25,30)/t17-,18+,21-,22-/m1/s1. The molecule has 1 amide bonds. The van der Waals surface area contributed by atoms with E-state index in [0.29, 0.717) is 24.9 Å². The number of likely N-dealkylation sites (tertiary alicyclic amines) is 1. The monoisotopic (exact) mass is 433 g/mol. The second kappa shape index (κ2) is 8.35. The van der Waals surface area contributed by atoms with Crippen LogP contribution in [0.4, 0.5) is 0 Å². The van der Waals surface area contributed by atoms with E-state index in [1.165, 1.54) is 0 Å². The van der Waals surface area contributed by atoms with Gasteiger partial charge in [0, 0.05) is 31.5 Å². The Morgan fingerprint density at radius 1 is 1.09 bits per heavy atom. The van der Waals surface area contributed by atoms with Crippen molar-refractivity contribution in [3.05, 3.63) is 70.3 Å². The molecule has 1 aliphatic heterocycles. The molecule has 1 saturated carbocycles. The van der Waals surface area contributed by atoms with Gasteiger partial charge < -0.3 is 14.6 Å². The molecule has 2 aromatic heterocycles. The predicted molar refractivity (Wildman–Crippen MR) is 119 cm³/mol. The number of methoxy groups -OCH3 is 1. The van der Waals surface area contributed by atoms with Gasteiger partial charge in [0.05, 0.1) is 18.3 Å². The SMILES string of the molecule is CO[C@@H]1C[C@H]2CN(C(=O)c3ccc(C)[nH]c3=O)C[C@H]2C[C@H]1n1cc(-c2ccccc2)nn1.